The van der Waals surface area contributed by atoms with Gasteiger partial charge in [-0.3, -0.25) is 0 Å². The van der Waals surface area contributed by atoms with Gasteiger partial charge < -0.3 is 9.84 Å². The van der Waals surface area contributed by atoms with E-state index in [1.165, 1.54) is 11.1 Å². The van der Waals surface area contributed by atoms with Gasteiger partial charge in [0, 0.05) is 0 Å². The zero-order valence-corrected chi connectivity index (χ0v) is 12.7. The van der Waals surface area contributed by atoms with Crippen LogP contribution in [0, 0.1) is 19.8 Å². The molecule has 21 heavy (non-hydrogen) atoms. The molecule has 2 heteroatoms. The predicted molar refractivity (Wildman–Crippen MR) is 84.4 cm³/mol. The third-order valence-corrected chi connectivity index (χ3v) is 3.97. The van der Waals surface area contributed by atoms with Crippen LogP contribution in [0.25, 0.3) is 0 Å². The summed E-state index contributed by atoms with van der Waals surface area (Å²) in [5.74, 6) is 1.28. The summed E-state index contributed by atoms with van der Waals surface area (Å²) in [6.07, 6.45) is 1.93. The molecule has 0 aromatic heterocycles. The molecule has 1 N–H and O–H groups in total. The van der Waals surface area contributed by atoms with Gasteiger partial charge in [0.2, 0.25) is 0 Å². The fourth-order valence-corrected chi connectivity index (χ4v) is 2.68. The highest BCUT2D eigenvalue weighted by Gasteiger charge is 2.31. The van der Waals surface area contributed by atoms with Crippen molar-refractivity contribution < 1.29 is 9.84 Å². The van der Waals surface area contributed by atoms with E-state index in [9.17, 15) is 5.11 Å². The molecule has 0 aliphatic heterocycles. The molecule has 0 radical (unpaired) electrons. The van der Waals surface area contributed by atoms with Crippen LogP contribution in [0.15, 0.2) is 42.5 Å². The maximum atomic E-state index is 10.3. The Labute approximate surface area is 126 Å². The largest absolute Gasteiger partial charge is 0.489 e. The van der Waals surface area contributed by atoms with Crippen molar-refractivity contribution in [2.75, 3.05) is 0 Å². The lowest BCUT2D eigenvalue weighted by Gasteiger charge is -2.14. The van der Waals surface area contributed by atoms with Gasteiger partial charge in [-0.1, -0.05) is 35.9 Å². The molecule has 3 rings (SSSR count). The molecular weight excluding hydrogens is 260 g/mol. The van der Waals surface area contributed by atoms with Crippen molar-refractivity contribution in [3.05, 3.63) is 64.7 Å². The SMILES string of the molecule is Cc1cccc(COc2cc(C)cc(C(O)C3CC3)c2)c1. The molecule has 110 valence electrons. The van der Waals surface area contributed by atoms with Crippen molar-refractivity contribution >= 4 is 0 Å². The predicted octanol–water partition coefficient (Wildman–Crippen LogP) is 4.33. The van der Waals surface area contributed by atoms with E-state index in [-0.39, 0.29) is 6.10 Å². The molecule has 2 aromatic rings. The van der Waals surface area contributed by atoms with Crippen LogP contribution < -0.4 is 4.74 Å². The van der Waals surface area contributed by atoms with Gasteiger partial charge >= 0.3 is 0 Å². The molecule has 2 aromatic carbocycles. The standard InChI is InChI=1S/C19H22O2/c1-13-4-3-5-15(8-13)12-21-18-10-14(2)9-17(11-18)19(20)16-6-7-16/h3-5,8-11,16,19-20H,6-7,12H2,1-2H3. The first-order valence-corrected chi connectivity index (χ1v) is 7.60. The second-order valence-corrected chi connectivity index (χ2v) is 6.14. The number of aryl methyl sites for hydroxylation is 2. The Morgan fingerprint density at radius 2 is 1.90 bits per heavy atom. The first kappa shape index (κ1) is 14.2. The van der Waals surface area contributed by atoms with Crippen LogP contribution in [-0.4, -0.2) is 5.11 Å². The Kier molecular flexibility index (Phi) is 3.98. The summed E-state index contributed by atoms with van der Waals surface area (Å²) in [5.41, 5.74) is 4.52. The number of benzene rings is 2. The monoisotopic (exact) mass is 282 g/mol. The van der Waals surface area contributed by atoms with E-state index >= 15 is 0 Å². The number of ether oxygens (including phenoxy) is 1. The zero-order valence-electron chi connectivity index (χ0n) is 12.7. The summed E-state index contributed by atoms with van der Waals surface area (Å²) in [4.78, 5) is 0. The Bertz CT molecular complexity index is 629. The van der Waals surface area contributed by atoms with Crippen molar-refractivity contribution in [3.8, 4) is 5.75 Å². The fraction of sp³-hybridized carbons (Fsp3) is 0.368. The normalized spacial score (nSPS) is 15.8. The fourth-order valence-electron chi connectivity index (χ4n) is 2.68. The van der Waals surface area contributed by atoms with E-state index in [0.717, 1.165) is 29.7 Å². The minimum Gasteiger partial charge on any atom is -0.489 e. The molecular formula is C19H22O2. The van der Waals surface area contributed by atoms with Gasteiger partial charge in [0.05, 0.1) is 6.10 Å². The van der Waals surface area contributed by atoms with Crippen LogP contribution in [0.3, 0.4) is 0 Å². The minimum atomic E-state index is -0.341. The summed E-state index contributed by atoms with van der Waals surface area (Å²) >= 11 is 0. The number of hydrogen-bond donors (Lipinski definition) is 1. The molecule has 1 aliphatic rings. The molecule has 1 unspecified atom stereocenters. The van der Waals surface area contributed by atoms with E-state index in [1.807, 2.05) is 25.1 Å². The third-order valence-electron chi connectivity index (χ3n) is 3.97. The first-order valence-electron chi connectivity index (χ1n) is 7.60. The molecule has 1 aliphatic carbocycles. The molecule has 0 spiro atoms. The summed E-state index contributed by atoms with van der Waals surface area (Å²) in [6, 6.07) is 14.4. The quantitative estimate of drug-likeness (QED) is 0.884. The molecule has 1 atom stereocenters. The van der Waals surface area contributed by atoms with Crippen LogP contribution in [0.5, 0.6) is 5.75 Å². The van der Waals surface area contributed by atoms with Crippen LogP contribution in [0.4, 0.5) is 0 Å². The van der Waals surface area contributed by atoms with Gasteiger partial charge in [-0.15, -0.1) is 0 Å². The van der Waals surface area contributed by atoms with E-state index < -0.39 is 0 Å². The lowest BCUT2D eigenvalue weighted by atomic mass is 10.0. The number of rotatable bonds is 5. The summed E-state index contributed by atoms with van der Waals surface area (Å²) < 4.78 is 5.91. The average molecular weight is 282 g/mol. The molecule has 1 saturated carbocycles. The molecule has 2 nitrogen and oxygen atoms in total. The smallest absolute Gasteiger partial charge is 0.120 e. The summed E-state index contributed by atoms with van der Waals surface area (Å²) in [7, 11) is 0. The Balaban J connectivity index is 1.72. The molecule has 0 amide bonds. The van der Waals surface area contributed by atoms with Crippen molar-refractivity contribution in [1.29, 1.82) is 0 Å². The van der Waals surface area contributed by atoms with Crippen molar-refractivity contribution in [2.24, 2.45) is 5.92 Å². The van der Waals surface area contributed by atoms with Crippen molar-refractivity contribution in [2.45, 2.75) is 39.4 Å². The number of aliphatic hydroxyl groups excluding tert-OH is 1. The van der Waals surface area contributed by atoms with Crippen LogP contribution >= 0.6 is 0 Å². The van der Waals surface area contributed by atoms with Crippen molar-refractivity contribution in [3.63, 3.8) is 0 Å². The number of hydrogen-bond acceptors (Lipinski definition) is 2. The third kappa shape index (κ3) is 3.64. The number of aliphatic hydroxyl groups is 1. The zero-order chi connectivity index (χ0) is 14.8. The van der Waals surface area contributed by atoms with Gasteiger partial charge in [-0.25, -0.2) is 0 Å². The van der Waals surface area contributed by atoms with E-state index in [0.29, 0.717) is 12.5 Å². The maximum Gasteiger partial charge on any atom is 0.120 e. The van der Waals surface area contributed by atoms with Crippen LogP contribution in [-0.2, 0) is 6.61 Å². The highest BCUT2D eigenvalue weighted by Crippen LogP contribution is 2.41. The van der Waals surface area contributed by atoms with Gasteiger partial charge in [-0.05, 0) is 61.4 Å². The molecule has 0 saturated heterocycles. The van der Waals surface area contributed by atoms with Crippen LogP contribution in [0.2, 0.25) is 0 Å². The topological polar surface area (TPSA) is 29.5 Å². The Morgan fingerprint density at radius 1 is 1.10 bits per heavy atom. The Morgan fingerprint density at radius 3 is 2.62 bits per heavy atom. The highest BCUT2D eigenvalue weighted by molar-refractivity contribution is 5.36. The maximum absolute atomic E-state index is 10.3. The van der Waals surface area contributed by atoms with Gasteiger partial charge in [0.15, 0.2) is 0 Å². The van der Waals surface area contributed by atoms with Crippen molar-refractivity contribution in [1.82, 2.24) is 0 Å². The minimum absolute atomic E-state index is 0.341. The van der Waals surface area contributed by atoms with Gasteiger partial charge in [0.1, 0.15) is 12.4 Å². The first-order chi connectivity index (χ1) is 10.1. The van der Waals surface area contributed by atoms with Gasteiger partial charge in [0.25, 0.3) is 0 Å². The second kappa shape index (κ2) is 5.90. The highest BCUT2D eigenvalue weighted by atomic mass is 16.5. The van der Waals surface area contributed by atoms with E-state index in [2.05, 4.69) is 31.2 Å². The lowest BCUT2D eigenvalue weighted by molar-refractivity contribution is 0.153. The summed E-state index contributed by atoms with van der Waals surface area (Å²) in [6.45, 7) is 4.69. The molecule has 0 heterocycles. The van der Waals surface area contributed by atoms with E-state index in [4.69, 9.17) is 4.74 Å². The average Bonchev–Trinajstić information content (AvgIpc) is 3.28. The van der Waals surface area contributed by atoms with Crippen LogP contribution in [0.1, 0.15) is 41.2 Å². The molecule has 0 bridgehead atoms. The molecule has 1 fully saturated rings. The lowest BCUT2D eigenvalue weighted by Crippen LogP contribution is -2.02. The second-order valence-electron chi connectivity index (χ2n) is 6.14. The Hall–Kier alpha value is -1.80. The van der Waals surface area contributed by atoms with E-state index in [1.54, 1.807) is 0 Å². The van der Waals surface area contributed by atoms with Gasteiger partial charge in [-0.2, -0.15) is 0 Å². The summed E-state index contributed by atoms with van der Waals surface area (Å²) in [5, 5.41) is 10.3.